The van der Waals surface area contributed by atoms with Crippen LogP contribution in [0.15, 0.2) is 21.9 Å². The predicted molar refractivity (Wildman–Crippen MR) is 93.8 cm³/mol. The van der Waals surface area contributed by atoms with E-state index in [1.54, 1.807) is 11.3 Å². The van der Waals surface area contributed by atoms with Gasteiger partial charge in [0.1, 0.15) is 5.76 Å². The summed E-state index contributed by atoms with van der Waals surface area (Å²) in [6, 6.07) is 3.89. The molecule has 2 aromatic heterocycles. The number of aromatic nitrogens is 1. The third kappa shape index (κ3) is 3.54. The quantitative estimate of drug-likeness (QED) is 0.806. The van der Waals surface area contributed by atoms with Crippen LogP contribution in [0.4, 0.5) is 0 Å². The minimum atomic E-state index is -0.364. The maximum atomic E-state index is 12.3. The van der Waals surface area contributed by atoms with Gasteiger partial charge in [0.25, 0.3) is 0 Å². The summed E-state index contributed by atoms with van der Waals surface area (Å²) >= 11 is 1.56. The molecule has 0 aromatic carbocycles. The summed E-state index contributed by atoms with van der Waals surface area (Å²) in [4.78, 5) is 17.7. The van der Waals surface area contributed by atoms with Gasteiger partial charge >= 0.3 is 0 Å². The third-order valence-corrected chi connectivity index (χ3v) is 5.60. The van der Waals surface area contributed by atoms with Gasteiger partial charge in [-0.15, -0.1) is 11.3 Å². The van der Waals surface area contributed by atoms with Crippen LogP contribution in [-0.2, 0) is 11.2 Å². The van der Waals surface area contributed by atoms with Crippen LogP contribution < -0.4 is 5.32 Å². The van der Waals surface area contributed by atoms with Crippen molar-refractivity contribution >= 4 is 17.2 Å². The van der Waals surface area contributed by atoms with Crippen LogP contribution in [0.5, 0.6) is 0 Å². The molecule has 1 fully saturated rings. The van der Waals surface area contributed by atoms with Crippen LogP contribution in [0.25, 0.3) is 10.8 Å². The highest BCUT2D eigenvalue weighted by Crippen LogP contribution is 2.50. The first kappa shape index (κ1) is 17.2. The topological polar surface area (TPSA) is 75.4 Å². The third-order valence-electron chi connectivity index (χ3n) is 4.74. The molecule has 5 nitrogen and oxygen atoms in total. The van der Waals surface area contributed by atoms with Gasteiger partial charge in [0.2, 0.25) is 11.8 Å². The van der Waals surface area contributed by atoms with Crippen molar-refractivity contribution in [2.75, 3.05) is 6.54 Å². The van der Waals surface area contributed by atoms with Gasteiger partial charge in [0, 0.05) is 12.0 Å². The molecule has 130 valence electrons. The summed E-state index contributed by atoms with van der Waals surface area (Å²) in [7, 11) is 0. The molecule has 1 atom stereocenters. The Hall–Kier alpha value is -1.66. The number of nitrogens with one attached hydrogen (secondary N) is 1. The summed E-state index contributed by atoms with van der Waals surface area (Å²) < 4.78 is 5.67. The van der Waals surface area contributed by atoms with Crippen molar-refractivity contribution in [3.05, 3.63) is 29.0 Å². The SMILES string of the molecule is Cc1oc(-c2cccs2)nc1CC(=O)NCC1(C(O)C(C)C)CC1. The number of nitrogens with zero attached hydrogens (tertiary/aromatic N) is 1. The minimum absolute atomic E-state index is 0.0774. The number of aryl methyl sites for hydroxylation is 1. The summed E-state index contributed by atoms with van der Waals surface area (Å²) in [6.07, 6.45) is 1.78. The zero-order valence-electron chi connectivity index (χ0n) is 14.3. The lowest BCUT2D eigenvalue weighted by molar-refractivity contribution is -0.121. The van der Waals surface area contributed by atoms with Crippen molar-refractivity contribution in [2.24, 2.45) is 11.3 Å². The number of carbonyl (C=O) groups excluding carboxylic acids is 1. The Morgan fingerprint density at radius 2 is 2.25 bits per heavy atom. The fraction of sp³-hybridized carbons (Fsp3) is 0.556. The Balaban J connectivity index is 1.58. The monoisotopic (exact) mass is 348 g/mol. The highest BCUT2D eigenvalue weighted by Gasteiger charge is 2.49. The van der Waals surface area contributed by atoms with Gasteiger partial charge < -0.3 is 14.8 Å². The molecule has 1 amide bonds. The Labute approximate surface area is 146 Å². The van der Waals surface area contributed by atoms with Gasteiger partial charge in [-0.1, -0.05) is 19.9 Å². The van der Waals surface area contributed by atoms with Crippen molar-refractivity contribution in [2.45, 2.75) is 46.1 Å². The zero-order valence-corrected chi connectivity index (χ0v) is 15.2. The van der Waals surface area contributed by atoms with E-state index in [0.29, 0.717) is 23.9 Å². The average molecular weight is 348 g/mol. The number of aliphatic hydroxyl groups is 1. The summed E-state index contributed by atoms with van der Waals surface area (Å²) in [5.41, 5.74) is 0.537. The molecule has 0 aliphatic heterocycles. The smallest absolute Gasteiger partial charge is 0.236 e. The molecule has 1 aliphatic carbocycles. The van der Waals surface area contributed by atoms with Crippen LogP contribution in [0.2, 0.25) is 0 Å². The number of amides is 1. The van der Waals surface area contributed by atoms with E-state index in [-0.39, 0.29) is 29.8 Å². The second-order valence-electron chi connectivity index (χ2n) is 7.00. The first-order valence-electron chi connectivity index (χ1n) is 8.36. The average Bonchev–Trinajstić information content (AvgIpc) is 2.96. The summed E-state index contributed by atoms with van der Waals surface area (Å²) in [5.74, 6) is 1.37. The first-order valence-corrected chi connectivity index (χ1v) is 9.24. The number of aliphatic hydroxyl groups excluding tert-OH is 1. The minimum Gasteiger partial charge on any atom is -0.440 e. The maximum absolute atomic E-state index is 12.3. The molecule has 2 aromatic rings. The van der Waals surface area contributed by atoms with Crippen LogP contribution in [0.1, 0.15) is 38.1 Å². The molecule has 1 aliphatic rings. The van der Waals surface area contributed by atoms with E-state index < -0.39 is 0 Å². The molecule has 0 bridgehead atoms. The standard InChI is InChI=1S/C18H24N2O3S/c1-11(2)16(22)18(6-7-18)10-19-15(21)9-13-12(3)23-17(20-13)14-5-4-8-24-14/h4-5,8,11,16,22H,6-7,9-10H2,1-3H3,(H,19,21). The van der Waals surface area contributed by atoms with E-state index in [0.717, 1.165) is 17.7 Å². The number of carbonyl (C=O) groups is 1. The van der Waals surface area contributed by atoms with E-state index in [9.17, 15) is 9.90 Å². The highest BCUT2D eigenvalue weighted by molar-refractivity contribution is 7.13. The number of hydrogen-bond acceptors (Lipinski definition) is 5. The molecule has 1 unspecified atom stereocenters. The molecule has 0 spiro atoms. The Morgan fingerprint density at radius 1 is 1.50 bits per heavy atom. The fourth-order valence-corrected chi connectivity index (χ4v) is 3.68. The van der Waals surface area contributed by atoms with Crippen molar-refractivity contribution in [1.82, 2.24) is 10.3 Å². The number of thiophene rings is 1. The Bertz CT molecular complexity index is 702. The van der Waals surface area contributed by atoms with Crippen LogP contribution in [0.3, 0.4) is 0 Å². The van der Waals surface area contributed by atoms with Crippen LogP contribution in [0, 0.1) is 18.3 Å². The van der Waals surface area contributed by atoms with Crippen LogP contribution >= 0.6 is 11.3 Å². The molecule has 3 rings (SSSR count). The van der Waals surface area contributed by atoms with E-state index in [1.165, 1.54) is 0 Å². The van der Waals surface area contributed by atoms with E-state index in [2.05, 4.69) is 10.3 Å². The lowest BCUT2D eigenvalue weighted by Crippen LogP contribution is -2.39. The Kier molecular flexibility index (Phi) is 4.78. The number of rotatable bonds is 7. The lowest BCUT2D eigenvalue weighted by Gasteiger charge is -2.25. The van der Waals surface area contributed by atoms with Crippen molar-refractivity contribution in [3.8, 4) is 10.8 Å². The molecule has 24 heavy (non-hydrogen) atoms. The normalized spacial score (nSPS) is 17.0. The largest absolute Gasteiger partial charge is 0.440 e. The van der Waals surface area contributed by atoms with Crippen molar-refractivity contribution in [3.63, 3.8) is 0 Å². The van der Waals surface area contributed by atoms with E-state index >= 15 is 0 Å². The Morgan fingerprint density at radius 3 is 2.83 bits per heavy atom. The van der Waals surface area contributed by atoms with Gasteiger partial charge in [0.05, 0.1) is 23.1 Å². The number of oxazole rings is 1. The molecule has 1 saturated carbocycles. The van der Waals surface area contributed by atoms with Crippen LogP contribution in [-0.4, -0.2) is 28.6 Å². The molecule has 6 heteroatoms. The van der Waals surface area contributed by atoms with E-state index in [4.69, 9.17) is 4.42 Å². The lowest BCUT2D eigenvalue weighted by atomic mass is 9.90. The molecule has 0 saturated heterocycles. The fourth-order valence-electron chi connectivity index (χ4n) is 3.03. The van der Waals surface area contributed by atoms with E-state index in [1.807, 2.05) is 38.3 Å². The molecular formula is C18H24N2O3S. The van der Waals surface area contributed by atoms with Gasteiger partial charge in [0.15, 0.2) is 0 Å². The van der Waals surface area contributed by atoms with Gasteiger partial charge in [-0.3, -0.25) is 4.79 Å². The summed E-state index contributed by atoms with van der Waals surface area (Å²) in [5, 5.41) is 15.2. The molecule has 2 heterocycles. The van der Waals surface area contributed by atoms with Gasteiger partial charge in [-0.2, -0.15) is 0 Å². The molecular weight excluding hydrogens is 324 g/mol. The molecule has 0 radical (unpaired) electrons. The molecule has 2 N–H and O–H groups in total. The predicted octanol–water partition coefficient (Wildman–Crippen LogP) is 3.17. The second kappa shape index (κ2) is 6.69. The number of hydrogen-bond donors (Lipinski definition) is 2. The highest BCUT2D eigenvalue weighted by atomic mass is 32.1. The second-order valence-corrected chi connectivity index (χ2v) is 7.95. The van der Waals surface area contributed by atoms with Gasteiger partial charge in [-0.25, -0.2) is 4.98 Å². The summed E-state index contributed by atoms with van der Waals surface area (Å²) in [6.45, 7) is 6.38. The van der Waals surface area contributed by atoms with Crippen molar-refractivity contribution in [1.29, 1.82) is 0 Å². The van der Waals surface area contributed by atoms with Gasteiger partial charge in [-0.05, 0) is 37.1 Å². The van der Waals surface area contributed by atoms with Crippen molar-refractivity contribution < 1.29 is 14.3 Å². The maximum Gasteiger partial charge on any atom is 0.236 e. The zero-order chi connectivity index (χ0) is 17.3. The first-order chi connectivity index (χ1) is 11.4.